The number of aromatic nitrogens is 1. The van der Waals surface area contributed by atoms with Crippen molar-refractivity contribution in [2.45, 2.75) is 107 Å². The Morgan fingerprint density at radius 3 is 1.86 bits per heavy atom. The number of piperazine rings is 1. The van der Waals surface area contributed by atoms with Crippen LogP contribution in [-0.4, -0.2) is 93.3 Å². The summed E-state index contributed by atoms with van der Waals surface area (Å²) in [4.78, 5) is 103. The number of nitrogens with zero attached hydrogens (tertiary/aromatic N) is 3. The Bertz CT molecular complexity index is 2920. The Kier molecular flexibility index (Phi) is 22.2. The van der Waals surface area contributed by atoms with Crippen LogP contribution in [0.1, 0.15) is 101 Å². The average Bonchev–Trinajstić information content (AvgIpc) is 3.44. The van der Waals surface area contributed by atoms with Crippen molar-refractivity contribution < 1.29 is 57.6 Å². The number of benzene rings is 4. The number of carbonyl (C=O) groups is 7. The number of aryl methyl sites for hydroxylation is 1. The van der Waals surface area contributed by atoms with Gasteiger partial charge in [0.2, 0.25) is 11.3 Å². The first-order valence-corrected chi connectivity index (χ1v) is 26.0. The van der Waals surface area contributed by atoms with E-state index in [0.717, 1.165) is 22.8 Å². The maximum Gasteiger partial charge on any atom is 0.410 e. The van der Waals surface area contributed by atoms with Gasteiger partial charge in [0, 0.05) is 87.0 Å². The number of carboxylic acids is 1. The Labute approximate surface area is 448 Å². The fraction of sp³-hybridized carbons (Fsp3) is 0.424. The molecule has 1 aliphatic rings. The van der Waals surface area contributed by atoms with Crippen molar-refractivity contribution in [1.82, 2.24) is 14.8 Å². The summed E-state index contributed by atoms with van der Waals surface area (Å²) in [6.45, 7) is 16.4. The van der Waals surface area contributed by atoms with Crippen LogP contribution in [0.2, 0.25) is 0 Å². The van der Waals surface area contributed by atoms with Gasteiger partial charge < -0.3 is 44.7 Å². The number of fused-ring (bicyclic) bond motifs is 1. The molecular weight excluding hydrogens is 990 g/mol. The van der Waals surface area contributed by atoms with E-state index in [0.29, 0.717) is 55.2 Å². The molecule has 77 heavy (non-hydrogen) atoms. The fourth-order valence-electron chi connectivity index (χ4n) is 8.52. The standard InChI is InChI=1S/C41H46FN5O9.C18H26O3/c1-5-45-22-31(39(51)52)37(49)30-20-32(42)34(21-33(30)45)46-15-17-47(18-16-46)41(54)56-24-28-11-13-29(14-12-28)43-38(50)26(4)19-35(48)36(25(2)3)44-40(53)55-23-27-9-7-6-8-10-27;1-12(2)14(4)18(21)9-13(3)17(20)10-15-5-7-16(11-19)8-6-15/h6-14,20-22,25-26,36H,5,15-19,23-24H2,1-4H3,(H,43,50)(H,44,53)(H,51,52);5-8,12-14,19H,9-11H2,1-4H3/t26-,36+;13-,14-/m10/s1. The molecule has 0 radical (unpaired) electrons. The number of hydrogen-bond acceptors (Lipinski definition) is 12. The normalized spacial score (nSPS) is 13.9. The highest BCUT2D eigenvalue weighted by atomic mass is 19.1. The van der Waals surface area contributed by atoms with Crippen LogP contribution in [0.3, 0.4) is 0 Å². The van der Waals surface area contributed by atoms with E-state index in [9.17, 15) is 43.5 Å². The molecule has 4 N–H and O–H groups in total. The summed E-state index contributed by atoms with van der Waals surface area (Å²) in [6.07, 6.45) is 0.579. The van der Waals surface area contributed by atoms with Gasteiger partial charge in [-0.15, -0.1) is 0 Å². The molecule has 0 saturated carbocycles. The molecule has 1 saturated heterocycles. The number of aliphatic hydroxyl groups excluding tert-OH is 1. The predicted octanol–water partition coefficient (Wildman–Crippen LogP) is 8.98. The third-order valence-corrected chi connectivity index (χ3v) is 13.8. The average molecular weight is 1060 g/mol. The minimum Gasteiger partial charge on any atom is -0.477 e. The second-order valence-electron chi connectivity index (χ2n) is 20.2. The number of hydrogen-bond donors (Lipinski definition) is 4. The number of aliphatic hydroxyl groups is 1. The van der Waals surface area contributed by atoms with Crippen molar-refractivity contribution in [2.75, 3.05) is 36.4 Å². The number of alkyl carbamates (subject to hydrolysis) is 1. The quantitative estimate of drug-likeness (QED) is 0.0508. The van der Waals surface area contributed by atoms with Crippen LogP contribution in [0.4, 0.5) is 25.4 Å². The molecule has 18 heteroatoms. The smallest absolute Gasteiger partial charge is 0.410 e. The first kappa shape index (κ1) is 60.1. The van der Waals surface area contributed by atoms with Gasteiger partial charge in [0.05, 0.1) is 23.9 Å². The molecule has 6 rings (SSSR count). The number of carbonyl (C=O) groups excluding carboxylic acids is 6. The lowest BCUT2D eigenvalue weighted by atomic mass is 9.86. The Balaban J connectivity index is 0.000000436. The zero-order valence-electron chi connectivity index (χ0n) is 45.2. The summed E-state index contributed by atoms with van der Waals surface area (Å²) in [6, 6.07) is 25.0. The number of ether oxygens (including phenoxy) is 2. The van der Waals surface area contributed by atoms with Crippen LogP contribution in [-0.2, 0) is 61.4 Å². The molecule has 4 aromatic carbocycles. The highest BCUT2D eigenvalue weighted by Crippen LogP contribution is 2.27. The predicted molar refractivity (Wildman–Crippen MR) is 291 cm³/mol. The molecule has 1 aromatic heterocycles. The van der Waals surface area contributed by atoms with Crippen LogP contribution in [0.25, 0.3) is 10.9 Å². The second kappa shape index (κ2) is 28.4. The number of pyridine rings is 1. The number of Topliss-reactive ketones (excluding diaryl/α,β-unsaturated/α-hetero) is 3. The van der Waals surface area contributed by atoms with Crippen molar-refractivity contribution >= 4 is 63.7 Å². The van der Waals surface area contributed by atoms with Gasteiger partial charge in [-0.2, -0.15) is 0 Å². The van der Waals surface area contributed by atoms with Gasteiger partial charge in [-0.1, -0.05) is 115 Å². The van der Waals surface area contributed by atoms with Gasteiger partial charge in [-0.05, 0) is 65.3 Å². The number of carboxylic acid groups (broad SMARTS) is 1. The topological polar surface area (TPSA) is 231 Å². The van der Waals surface area contributed by atoms with Crippen LogP contribution < -0.4 is 21.0 Å². The zero-order valence-corrected chi connectivity index (χ0v) is 45.2. The first-order valence-electron chi connectivity index (χ1n) is 26.0. The van der Waals surface area contributed by atoms with Crippen LogP contribution in [0.15, 0.2) is 102 Å². The lowest BCUT2D eigenvalue weighted by molar-refractivity contribution is -0.129. The van der Waals surface area contributed by atoms with E-state index in [2.05, 4.69) is 10.6 Å². The number of rotatable bonds is 22. The molecule has 1 aliphatic heterocycles. The molecule has 0 unspecified atom stereocenters. The summed E-state index contributed by atoms with van der Waals surface area (Å²) >= 11 is 0. The molecule has 4 atom stereocenters. The summed E-state index contributed by atoms with van der Waals surface area (Å²) in [5.41, 5.74) is 3.22. The molecule has 5 aromatic rings. The minimum absolute atomic E-state index is 0.00378. The Hall–Kier alpha value is -7.73. The van der Waals surface area contributed by atoms with E-state index in [-0.39, 0.29) is 91.4 Å². The maximum atomic E-state index is 15.3. The largest absolute Gasteiger partial charge is 0.477 e. The van der Waals surface area contributed by atoms with E-state index < -0.39 is 46.9 Å². The summed E-state index contributed by atoms with van der Waals surface area (Å²) in [5, 5.41) is 23.8. The summed E-state index contributed by atoms with van der Waals surface area (Å²) in [5.74, 6) is -3.28. The number of ketones is 3. The van der Waals surface area contributed by atoms with E-state index in [4.69, 9.17) is 14.6 Å². The van der Waals surface area contributed by atoms with Gasteiger partial charge in [0.25, 0.3) is 0 Å². The van der Waals surface area contributed by atoms with Gasteiger partial charge in [0.15, 0.2) is 5.78 Å². The Morgan fingerprint density at radius 2 is 1.27 bits per heavy atom. The third kappa shape index (κ3) is 17.1. The Morgan fingerprint density at radius 1 is 0.688 bits per heavy atom. The fourth-order valence-corrected chi connectivity index (χ4v) is 8.52. The molecule has 2 heterocycles. The lowest BCUT2D eigenvalue weighted by Crippen LogP contribution is -2.49. The molecule has 0 bridgehead atoms. The first-order chi connectivity index (χ1) is 36.6. The van der Waals surface area contributed by atoms with Gasteiger partial charge in [-0.25, -0.2) is 18.8 Å². The zero-order chi connectivity index (χ0) is 56.5. The van der Waals surface area contributed by atoms with E-state index >= 15 is 4.39 Å². The van der Waals surface area contributed by atoms with Crippen LogP contribution in [0.5, 0.6) is 0 Å². The number of anilines is 2. The monoisotopic (exact) mass is 1060 g/mol. The van der Waals surface area contributed by atoms with E-state index in [1.165, 1.54) is 17.2 Å². The van der Waals surface area contributed by atoms with Crippen molar-refractivity contribution in [1.29, 1.82) is 0 Å². The van der Waals surface area contributed by atoms with Crippen LogP contribution in [0, 0.1) is 35.4 Å². The number of aromatic carboxylic acids is 1. The summed E-state index contributed by atoms with van der Waals surface area (Å²) < 4.78 is 27.6. The van der Waals surface area contributed by atoms with Gasteiger partial charge in [0.1, 0.15) is 36.2 Å². The molecular formula is C59H72FN5O12. The third-order valence-electron chi connectivity index (χ3n) is 13.8. The molecule has 412 valence electrons. The molecule has 1 fully saturated rings. The van der Waals surface area contributed by atoms with Crippen molar-refractivity contribution in [3.05, 3.63) is 141 Å². The van der Waals surface area contributed by atoms with Crippen LogP contribution >= 0.6 is 0 Å². The maximum absolute atomic E-state index is 15.3. The van der Waals surface area contributed by atoms with Crippen molar-refractivity contribution in [3.63, 3.8) is 0 Å². The highest BCUT2D eigenvalue weighted by Gasteiger charge is 2.29. The number of nitrogens with one attached hydrogen (secondary N) is 2. The summed E-state index contributed by atoms with van der Waals surface area (Å²) in [7, 11) is 0. The SMILES string of the molecule is CC(C)[C@H](C)C(=O)C[C@H](C)C(=O)Cc1ccc(CO)cc1.CCn1cc(C(=O)O)c(=O)c2cc(F)c(N3CCN(C(=O)OCc4ccc(NC(=O)[C@H](C)CC(=O)[C@@H](NC(=O)OCc5ccccc5)C(C)C)cc4)CC3)cc21. The minimum atomic E-state index is -1.38. The number of amides is 3. The van der Waals surface area contributed by atoms with E-state index in [1.807, 2.05) is 82.3 Å². The molecule has 0 aliphatic carbocycles. The van der Waals surface area contributed by atoms with Crippen molar-refractivity contribution in [3.8, 4) is 0 Å². The highest BCUT2D eigenvalue weighted by molar-refractivity contribution is 5.97. The number of halogens is 1. The van der Waals surface area contributed by atoms with Gasteiger partial charge >= 0.3 is 18.2 Å². The van der Waals surface area contributed by atoms with Crippen molar-refractivity contribution in [2.24, 2.45) is 29.6 Å². The second-order valence-corrected chi connectivity index (χ2v) is 20.2. The van der Waals surface area contributed by atoms with E-state index in [1.54, 1.807) is 61.4 Å². The molecule has 17 nitrogen and oxygen atoms in total. The molecule has 3 amide bonds. The molecule has 0 spiro atoms. The van der Waals surface area contributed by atoms with Gasteiger partial charge in [-0.3, -0.25) is 24.0 Å². The lowest BCUT2D eigenvalue weighted by Gasteiger charge is -2.35.